The zero-order valence-corrected chi connectivity index (χ0v) is 17.7. The summed E-state index contributed by atoms with van der Waals surface area (Å²) in [5, 5.41) is 70.1. The van der Waals surface area contributed by atoms with Gasteiger partial charge in [0.1, 0.15) is 41.1 Å². The first kappa shape index (κ1) is 22.8. The summed E-state index contributed by atoms with van der Waals surface area (Å²) in [5.74, 6) is -1.42. The highest BCUT2D eigenvalue weighted by atomic mass is 16.7. The predicted molar refractivity (Wildman–Crippen MR) is 112 cm³/mol. The molecule has 6 atom stereocenters. The Bertz CT molecular complexity index is 1060. The molecule has 4 rings (SSSR count). The number of aromatic hydroxyl groups is 5. The van der Waals surface area contributed by atoms with Gasteiger partial charge in [-0.2, -0.15) is 0 Å². The van der Waals surface area contributed by atoms with Gasteiger partial charge in [0.05, 0.1) is 12.2 Å². The standard InChI is InChI=1S/C22H24O11/c1-8-17(26)19(28)20(29)22(31-8)33-16-7-11-14(30-2)5-10(23)6-15(11)32-21(16)9-3-12(24)18(27)13(25)4-9/h3-8,17,19-29H,1-2H3/p+1. The van der Waals surface area contributed by atoms with Crippen LogP contribution >= 0.6 is 0 Å². The topological polar surface area (TPSA) is 182 Å². The second kappa shape index (κ2) is 8.52. The SMILES string of the molecule is C[OH+]c1cc(O)cc2c1C=C(OC1OC(C)C(O)C(O)C1O)C(c1cc(O)c(O)c(O)c1)O2. The molecule has 0 bridgehead atoms. The summed E-state index contributed by atoms with van der Waals surface area (Å²) in [5.41, 5.74) is 0.602. The number of aliphatic hydroxyl groups excluding tert-OH is 3. The average Bonchev–Trinajstić information content (AvgIpc) is 2.78. The van der Waals surface area contributed by atoms with Crippen molar-refractivity contribution in [3.05, 3.63) is 41.2 Å². The van der Waals surface area contributed by atoms with Crippen molar-refractivity contribution < 1.29 is 54.7 Å². The lowest BCUT2D eigenvalue weighted by molar-refractivity contribution is -0.285. The van der Waals surface area contributed by atoms with E-state index in [9.17, 15) is 35.7 Å². The Kier molecular flexibility index (Phi) is 5.89. The number of aliphatic hydroxyl groups is 4. The number of phenols is 4. The molecule has 0 aromatic heterocycles. The van der Waals surface area contributed by atoms with Crippen LogP contribution in [0.25, 0.3) is 6.08 Å². The van der Waals surface area contributed by atoms with E-state index < -0.39 is 54.1 Å². The molecule has 1 fully saturated rings. The van der Waals surface area contributed by atoms with E-state index >= 15 is 0 Å². The lowest BCUT2D eigenvalue weighted by atomic mass is 9.98. The molecule has 2 aromatic carbocycles. The Morgan fingerprint density at radius 3 is 2.21 bits per heavy atom. The van der Waals surface area contributed by atoms with E-state index in [1.165, 1.54) is 32.2 Å². The number of fused-ring (bicyclic) bond motifs is 1. The maximum absolute atomic E-state index is 10.4. The van der Waals surface area contributed by atoms with Gasteiger partial charge in [0.2, 0.25) is 6.29 Å². The van der Waals surface area contributed by atoms with Gasteiger partial charge in [0.25, 0.3) is 5.75 Å². The van der Waals surface area contributed by atoms with Crippen LogP contribution in [0.2, 0.25) is 0 Å². The predicted octanol–water partition coefficient (Wildman–Crippen LogP) is 0.699. The van der Waals surface area contributed by atoms with Crippen molar-refractivity contribution in [1.29, 1.82) is 0 Å². The van der Waals surface area contributed by atoms with Crippen molar-refractivity contribution in [3.63, 3.8) is 0 Å². The number of phenolic OH excluding ortho intramolecular Hbond substituents is 4. The van der Waals surface area contributed by atoms with E-state index in [-0.39, 0.29) is 22.8 Å². The minimum Gasteiger partial charge on any atom is -0.584 e. The molecule has 2 aliphatic heterocycles. The minimum absolute atomic E-state index is 0.0439. The quantitative estimate of drug-likeness (QED) is 0.251. The zero-order valence-electron chi connectivity index (χ0n) is 17.7. The third-order valence-corrected chi connectivity index (χ3v) is 5.59. The maximum Gasteiger partial charge on any atom is 0.269 e. The van der Waals surface area contributed by atoms with Crippen molar-refractivity contribution in [2.24, 2.45) is 0 Å². The molecule has 8 N–H and O–H groups in total. The molecule has 6 unspecified atom stereocenters. The van der Waals surface area contributed by atoms with E-state index in [1.54, 1.807) is 0 Å². The molecule has 33 heavy (non-hydrogen) atoms. The van der Waals surface area contributed by atoms with Gasteiger partial charge in [-0.15, -0.1) is 0 Å². The van der Waals surface area contributed by atoms with Gasteiger partial charge < -0.3 is 54.7 Å². The fourth-order valence-electron chi connectivity index (χ4n) is 3.78. The van der Waals surface area contributed by atoms with Crippen molar-refractivity contribution in [2.45, 2.75) is 43.7 Å². The van der Waals surface area contributed by atoms with Crippen LogP contribution in [0.15, 0.2) is 30.0 Å². The molecule has 0 radical (unpaired) electrons. The Morgan fingerprint density at radius 1 is 0.909 bits per heavy atom. The molecule has 0 amide bonds. The summed E-state index contributed by atoms with van der Waals surface area (Å²) in [6.45, 7) is 1.50. The smallest absolute Gasteiger partial charge is 0.269 e. The largest absolute Gasteiger partial charge is 0.584 e. The van der Waals surface area contributed by atoms with Crippen LogP contribution in [0.4, 0.5) is 0 Å². The van der Waals surface area contributed by atoms with Gasteiger partial charge in [0, 0.05) is 17.7 Å². The van der Waals surface area contributed by atoms with Gasteiger partial charge in [-0.25, -0.2) is 0 Å². The van der Waals surface area contributed by atoms with Crippen molar-refractivity contribution in [2.75, 3.05) is 7.11 Å². The Morgan fingerprint density at radius 2 is 1.58 bits per heavy atom. The molecule has 2 aromatic rings. The highest BCUT2D eigenvalue weighted by Crippen LogP contribution is 2.47. The molecule has 11 nitrogen and oxygen atoms in total. The summed E-state index contributed by atoms with van der Waals surface area (Å²) in [6.07, 6.45) is -6.32. The monoisotopic (exact) mass is 465 g/mol. The Balaban J connectivity index is 1.79. The van der Waals surface area contributed by atoms with Crippen LogP contribution < -0.4 is 4.74 Å². The fraction of sp³-hybridized carbons (Fsp3) is 0.364. The third-order valence-electron chi connectivity index (χ3n) is 5.59. The molecule has 2 heterocycles. The summed E-state index contributed by atoms with van der Waals surface area (Å²) in [7, 11) is 1.51. The molecule has 0 spiro atoms. The van der Waals surface area contributed by atoms with E-state index in [4.69, 9.17) is 14.2 Å². The van der Waals surface area contributed by atoms with Gasteiger partial charge in [-0.3, -0.25) is 0 Å². The van der Waals surface area contributed by atoms with E-state index in [2.05, 4.69) is 4.74 Å². The molecule has 178 valence electrons. The average molecular weight is 465 g/mol. The van der Waals surface area contributed by atoms with Gasteiger partial charge in [0.15, 0.2) is 30.5 Å². The van der Waals surface area contributed by atoms with Gasteiger partial charge in [-0.05, 0) is 19.1 Å². The summed E-state index contributed by atoms with van der Waals surface area (Å²) < 4.78 is 21.5. The zero-order chi connectivity index (χ0) is 24.0. The first-order chi connectivity index (χ1) is 15.6. The van der Waals surface area contributed by atoms with E-state index in [1.807, 2.05) is 0 Å². The second-order valence-corrected chi connectivity index (χ2v) is 7.85. The number of hydrogen-bond acceptors (Lipinski definition) is 10. The highest BCUT2D eigenvalue weighted by molar-refractivity contribution is 5.70. The lowest BCUT2D eigenvalue weighted by Gasteiger charge is -2.40. The third kappa shape index (κ3) is 4.07. The molecule has 0 aliphatic carbocycles. The van der Waals surface area contributed by atoms with Crippen molar-refractivity contribution in [3.8, 4) is 34.5 Å². The van der Waals surface area contributed by atoms with Crippen LogP contribution in [-0.4, -0.2) is 78.3 Å². The Hall–Kier alpha value is -3.38. The van der Waals surface area contributed by atoms with Gasteiger partial charge in [-0.1, -0.05) is 0 Å². The molecule has 11 heteroatoms. The van der Waals surface area contributed by atoms with Gasteiger partial charge >= 0.3 is 0 Å². The first-order valence-corrected chi connectivity index (χ1v) is 10.1. The van der Waals surface area contributed by atoms with Crippen LogP contribution in [0.3, 0.4) is 0 Å². The second-order valence-electron chi connectivity index (χ2n) is 7.85. The number of ether oxygens (including phenoxy) is 4. The first-order valence-electron chi connectivity index (χ1n) is 10.1. The van der Waals surface area contributed by atoms with Crippen molar-refractivity contribution >= 4 is 6.08 Å². The summed E-state index contributed by atoms with van der Waals surface area (Å²) in [6, 6.07) is 5.05. The lowest BCUT2D eigenvalue weighted by Crippen LogP contribution is -2.57. The number of benzene rings is 2. The van der Waals surface area contributed by atoms with E-state index in [0.29, 0.717) is 11.3 Å². The molecular formula is C22H25O11+. The summed E-state index contributed by atoms with van der Waals surface area (Å²) in [4.78, 5) is 0. The highest BCUT2D eigenvalue weighted by Gasteiger charge is 2.44. The van der Waals surface area contributed by atoms with Crippen LogP contribution in [0.1, 0.15) is 24.2 Å². The van der Waals surface area contributed by atoms with E-state index in [0.717, 1.165) is 12.1 Å². The Labute approximate surface area is 187 Å². The fourth-order valence-corrected chi connectivity index (χ4v) is 3.78. The molecule has 2 aliphatic rings. The van der Waals surface area contributed by atoms with Crippen LogP contribution in [0.5, 0.6) is 34.5 Å². The van der Waals surface area contributed by atoms with Crippen molar-refractivity contribution in [1.82, 2.24) is 0 Å². The molecule has 1 saturated heterocycles. The van der Waals surface area contributed by atoms with Crippen LogP contribution in [0, 0.1) is 0 Å². The maximum atomic E-state index is 10.4. The molecular weight excluding hydrogens is 440 g/mol. The number of hydrogen-bond donors (Lipinski definition) is 7. The molecule has 0 saturated carbocycles. The minimum atomic E-state index is -1.60. The number of rotatable bonds is 4. The van der Waals surface area contributed by atoms with Crippen LogP contribution in [-0.2, 0) is 9.47 Å². The summed E-state index contributed by atoms with van der Waals surface area (Å²) >= 11 is 0. The normalized spacial score (nSPS) is 28.9.